The minimum absolute atomic E-state index is 0.0212. The van der Waals surface area contributed by atoms with Crippen LogP contribution in [0.25, 0.3) is 0 Å². The maximum atomic E-state index is 12.3. The molecule has 1 aliphatic rings. The molecule has 1 saturated heterocycles. The minimum Gasteiger partial charge on any atom is -0.472 e. The maximum absolute atomic E-state index is 12.3. The van der Waals surface area contributed by atoms with Gasteiger partial charge >= 0.3 is 0 Å². The molecule has 0 saturated carbocycles. The van der Waals surface area contributed by atoms with Gasteiger partial charge in [0.2, 0.25) is 5.88 Å². The van der Waals surface area contributed by atoms with Crippen molar-refractivity contribution in [3.8, 4) is 5.88 Å². The van der Waals surface area contributed by atoms with E-state index in [0.717, 1.165) is 24.1 Å². The Bertz CT molecular complexity index is 610. The molecular formula is C17H18N2O2. The van der Waals surface area contributed by atoms with Crippen molar-refractivity contribution in [1.82, 2.24) is 9.88 Å². The fourth-order valence-corrected chi connectivity index (χ4v) is 2.47. The van der Waals surface area contributed by atoms with Crippen molar-refractivity contribution in [2.24, 2.45) is 0 Å². The van der Waals surface area contributed by atoms with E-state index in [-0.39, 0.29) is 12.0 Å². The highest BCUT2D eigenvalue weighted by Gasteiger charge is 2.28. The molecule has 2 heterocycles. The van der Waals surface area contributed by atoms with Crippen LogP contribution in [-0.2, 0) is 0 Å². The van der Waals surface area contributed by atoms with Crippen LogP contribution in [0.1, 0.15) is 22.3 Å². The van der Waals surface area contributed by atoms with Gasteiger partial charge in [-0.3, -0.25) is 4.79 Å². The summed E-state index contributed by atoms with van der Waals surface area (Å²) in [5.74, 6) is 0.693. The van der Waals surface area contributed by atoms with Crippen LogP contribution in [0.2, 0.25) is 0 Å². The summed E-state index contributed by atoms with van der Waals surface area (Å²) in [6.45, 7) is 3.33. The lowest BCUT2D eigenvalue weighted by Gasteiger charge is -2.17. The predicted octanol–water partition coefficient (Wildman–Crippen LogP) is 2.68. The van der Waals surface area contributed by atoms with Crippen LogP contribution in [0.3, 0.4) is 0 Å². The van der Waals surface area contributed by atoms with Crippen molar-refractivity contribution in [1.29, 1.82) is 0 Å². The number of carbonyl (C=O) groups excluding carboxylic acids is 1. The number of carbonyl (C=O) groups is 1. The third kappa shape index (κ3) is 3.21. The number of ether oxygens (including phenoxy) is 1. The van der Waals surface area contributed by atoms with E-state index in [4.69, 9.17) is 4.74 Å². The molecule has 1 atom stereocenters. The molecule has 0 radical (unpaired) electrons. The quantitative estimate of drug-likeness (QED) is 0.869. The number of aromatic nitrogens is 1. The zero-order valence-corrected chi connectivity index (χ0v) is 12.0. The van der Waals surface area contributed by atoms with E-state index in [0.29, 0.717) is 12.4 Å². The van der Waals surface area contributed by atoms with Crippen LogP contribution in [0.5, 0.6) is 5.88 Å². The van der Waals surface area contributed by atoms with Gasteiger partial charge in [0.25, 0.3) is 5.91 Å². The number of aryl methyl sites for hydroxylation is 1. The van der Waals surface area contributed by atoms with Crippen molar-refractivity contribution in [2.45, 2.75) is 19.4 Å². The van der Waals surface area contributed by atoms with Crippen LogP contribution >= 0.6 is 0 Å². The fourth-order valence-electron chi connectivity index (χ4n) is 2.47. The predicted molar refractivity (Wildman–Crippen MR) is 80.4 cm³/mol. The summed E-state index contributed by atoms with van der Waals surface area (Å²) in [6.07, 6.45) is 2.65. The molecule has 1 unspecified atom stereocenters. The lowest BCUT2D eigenvalue weighted by Crippen LogP contribution is -2.30. The molecule has 1 aromatic carbocycles. The normalized spacial score (nSPS) is 17.8. The van der Waals surface area contributed by atoms with Gasteiger partial charge in [-0.25, -0.2) is 4.98 Å². The van der Waals surface area contributed by atoms with E-state index in [2.05, 4.69) is 4.98 Å². The number of hydrogen-bond donors (Lipinski definition) is 0. The van der Waals surface area contributed by atoms with Crippen LogP contribution < -0.4 is 4.74 Å². The van der Waals surface area contributed by atoms with Crippen LogP contribution in [0.4, 0.5) is 0 Å². The Morgan fingerprint density at radius 1 is 1.24 bits per heavy atom. The van der Waals surface area contributed by atoms with E-state index in [1.165, 1.54) is 0 Å². The Morgan fingerprint density at radius 3 is 2.76 bits per heavy atom. The van der Waals surface area contributed by atoms with E-state index < -0.39 is 0 Å². The van der Waals surface area contributed by atoms with Crippen molar-refractivity contribution in [3.63, 3.8) is 0 Å². The lowest BCUT2D eigenvalue weighted by atomic mass is 10.2. The van der Waals surface area contributed by atoms with Crippen LogP contribution in [-0.4, -0.2) is 35.0 Å². The highest BCUT2D eigenvalue weighted by atomic mass is 16.5. The largest absolute Gasteiger partial charge is 0.472 e. The Kier molecular flexibility index (Phi) is 3.86. The van der Waals surface area contributed by atoms with Gasteiger partial charge in [0, 0.05) is 30.8 Å². The number of likely N-dealkylation sites (tertiary alicyclic amines) is 1. The molecule has 4 nitrogen and oxygen atoms in total. The van der Waals surface area contributed by atoms with Gasteiger partial charge in [-0.05, 0) is 24.6 Å². The molecule has 1 aromatic heterocycles. The molecule has 0 aliphatic carbocycles. The first kappa shape index (κ1) is 13.6. The molecule has 1 fully saturated rings. The molecule has 4 heteroatoms. The topological polar surface area (TPSA) is 42.4 Å². The summed E-state index contributed by atoms with van der Waals surface area (Å²) in [5, 5.41) is 0. The Labute approximate surface area is 124 Å². The number of amides is 1. The molecule has 1 aliphatic heterocycles. The minimum atomic E-state index is 0.0212. The molecular weight excluding hydrogens is 264 g/mol. The van der Waals surface area contributed by atoms with Crippen molar-refractivity contribution >= 4 is 5.91 Å². The molecule has 3 rings (SSSR count). The molecule has 2 aromatic rings. The number of rotatable bonds is 3. The number of benzene rings is 1. The van der Waals surface area contributed by atoms with Gasteiger partial charge in [0.15, 0.2) is 0 Å². The zero-order chi connectivity index (χ0) is 14.7. The van der Waals surface area contributed by atoms with E-state index in [9.17, 15) is 4.79 Å². The standard InChI is InChI=1S/C17H18N2O2/c1-13-7-8-16(18-11-13)21-15-9-10-19(12-15)17(20)14-5-3-2-4-6-14/h2-8,11,15H,9-10,12H2,1H3. The third-order valence-corrected chi connectivity index (χ3v) is 3.62. The zero-order valence-electron chi connectivity index (χ0n) is 12.0. The summed E-state index contributed by atoms with van der Waals surface area (Å²) in [4.78, 5) is 18.4. The number of hydrogen-bond acceptors (Lipinski definition) is 3. The average Bonchev–Trinajstić information content (AvgIpc) is 2.98. The van der Waals surface area contributed by atoms with E-state index in [1.807, 2.05) is 54.3 Å². The molecule has 0 spiro atoms. The van der Waals surface area contributed by atoms with E-state index in [1.54, 1.807) is 6.20 Å². The Hall–Kier alpha value is -2.36. The second-order valence-electron chi connectivity index (χ2n) is 5.32. The Morgan fingerprint density at radius 2 is 2.05 bits per heavy atom. The van der Waals surface area contributed by atoms with Gasteiger partial charge in [0.1, 0.15) is 6.10 Å². The summed E-state index contributed by atoms with van der Waals surface area (Å²) in [6, 6.07) is 13.2. The monoisotopic (exact) mass is 282 g/mol. The summed E-state index contributed by atoms with van der Waals surface area (Å²) < 4.78 is 5.84. The highest BCUT2D eigenvalue weighted by molar-refractivity contribution is 5.94. The summed E-state index contributed by atoms with van der Waals surface area (Å²) in [5.41, 5.74) is 1.83. The van der Waals surface area contributed by atoms with Gasteiger partial charge in [-0.15, -0.1) is 0 Å². The lowest BCUT2D eigenvalue weighted by molar-refractivity contribution is 0.0771. The number of pyridine rings is 1. The molecule has 0 bridgehead atoms. The fraction of sp³-hybridized carbons (Fsp3) is 0.294. The first-order valence-corrected chi connectivity index (χ1v) is 7.16. The second-order valence-corrected chi connectivity index (χ2v) is 5.32. The van der Waals surface area contributed by atoms with Crippen molar-refractivity contribution < 1.29 is 9.53 Å². The van der Waals surface area contributed by atoms with Gasteiger partial charge in [0.05, 0.1) is 6.54 Å². The molecule has 108 valence electrons. The van der Waals surface area contributed by atoms with Crippen LogP contribution in [0.15, 0.2) is 48.7 Å². The van der Waals surface area contributed by atoms with Crippen LogP contribution in [0, 0.1) is 6.92 Å². The maximum Gasteiger partial charge on any atom is 0.253 e. The second kappa shape index (κ2) is 5.95. The number of nitrogens with zero attached hydrogens (tertiary/aromatic N) is 2. The first-order valence-electron chi connectivity index (χ1n) is 7.16. The molecule has 1 amide bonds. The van der Waals surface area contributed by atoms with Crippen molar-refractivity contribution in [3.05, 3.63) is 59.8 Å². The van der Waals surface area contributed by atoms with Gasteiger partial charge < -0.3 is 9.64 Å². The molecule has 0 N–H and O–H groups in total. The SMILES string of the molecule is Cc1ccc(OC2CCN(C(=O)c3ccccc3)C2)nc1. The smallest absolute Gasteiger partial charge is 0.253 e. The van der Waals surface area contributed by atoms with E-state index >= 15 is 0 Å². The Balaban J connectivity index is 1.60. The highest BCUT2D eigenvalue weighted by Crippen LogP contribution is 2.18. The van der Waals surface area contributed by atoms with Gasteiger partial charge in [-0.1, -0.05) is 24.3 Å². The van der Waals surface area contributed by atoms with Crippen molar-refractivity contribution in [2.75, 3.05) is 13.1 Å². The summed E-state index contributed by atoms with van der Waals surface area (Å²) >= 11 is 0. The molecule has 21 heavy (non-hydrogen) atoms. The van der Waals surface area contributed by atoms with Gasteiger partial charge in [-0.2, -0.15) is 0 Å². The average molecular weight is 282 g/mol. The first-order chi connectivity index (χ1) is 10.2. The third-order valence-electron chi connectivity index (χ3n) is 3.62. The summed E-state index contributed by atoms with van der Waals surface area (Å²) in [7, 11) is 0.